The van der Waals surface area contributed by atoms with Crippen molar-refractivity contribution in [1.29, 1.82) is 0 Å². The number of benzene rings is 2. The standard InChI is InChI=1S/C24H22N2O6/c1-3-30-24(29)25-18-8-9-19-17(11-22(27)32-21(19)12-18)14-31-23(28)13-26-15(2)10-16-6-4-5-7-20(16)26/h4-12H,3,13-14H2,1-2H3,(H,25,29). The van der Waals surface area contributed by atoms with Crippen molar-refractivity contribution in [3.63, 3.8) is 0 Å². The lowest BCUT2D eigenvalue weighted by molar-refractivity contribution is -0.145. The summed E-state index contributed by atoms with van der Waals surface area (Å²) in [5.74, 6) is -0.420. The number of aromatic nitrogens is 1. The lowest BCUT2D eigenvalue weighted by atomic mass is 10.1. The number of carbonyl (C=O) groups excluding carboxylic acids is 2. The van der Waals surface area contributed by atoms with Crippen LogP contribution >= 0.6 is 0 Å². The van der Waals surface area contributed by atoms with Gasteiger partial charge in [0.1, 0.15) is 18.7 Å². The molecule has 0 spiro atoms. The van der Waals surface area contributed by atoms with Crippen LogP contribution in [-0.2, 0) is 27.4 Å². The molecule has 32 heavy (non-hydrogen) atoms. The number of aryl methyl sites for hydroxylation is 1. The van der Waals surface area contributed by atoms with Crippen LogP contribution < -0.4 is 10.9 Å². The van der Waals surface area contributed by atoms with E-state index in [0.29, 0.717) is 16.6 Å². The zero-order valence-electron chi connectivity index (χ0n) is 17.7. The second-order valence-electron chi connectivity index (χ2n) is 7.24. The van der Waals surface area contributed by atoms with Crippen molar-refractivity contribution in [2.75, 3.05) is 11.9 Å². The van der Waals surface area contributed by atoms with Crippen molar-refractivity contribution in [1.82, 2.24) is 4.57 Å². The molecule has 0 fully saturated rings. The average molecular weight is 434 g/mol. The Morgan fingerprint density at radius 3 is 2.69 bits per heavy atom. The van der Waals surface area contributed by atoms with Gasteiger partial charge < -0.3 is 18.5 Å². The SMILES string of the molecule is CCOC(=O)Nc1ccc2c(COC(=O)Cn3c(C)cc4ccccc43)cc(=O)oc2c1. The highest BCUT2D eigenvalue weighted by molar-refractivity contribution is 5.90. The first-order chi connectivity index (χ1) is 15.4. The maximum atomic E-state index is 12.5. The van der Waals surface area contributed by atoms with Crippen molar-refractivity contribution in [3.05, 3.63) is 76.3 Å². The number of esters is 1. The fourth-order valence-electron chi connectivity index (χ4n) is 3.60. The third-order valence-corrected chi connectivity index (χ3v) is 5.05. The van der Waals surface area contributed by atoms with Gasteiger partial charge >= 0.3 is 17.7 Å². The highest BCUT2D eigenvalue weighted by Crippen LogP contribution is 2.23. The zero-order chi connectivity index (χ0) is 22.7. The average Bonchev–Trinajstić information content (AvgIpc) is 3.07. The first-order valence-electron chi connectivity index (χ1n) is 10.2. The number of ether oxygens (including phenoxy) is 2. The molecule has 2 aromatic carbocycles. The number of hydrogen-bond donors (Lipinski definition) is 1. The van der Waals surface area contributed by atoms with Crippen molar-refractivity contribution < 1.29 is 23.5 Å². The molecule has 8 nitrogen and oxygen atoms in total. The van der Waals surface area contributed by atoms with Crippen molar-refractivity contribution >= 4 is 39.6 Å². The summed E-state index contributed by atoms with van der Waals surface area (Å²) in [6, 6.07) is 16.0. The number of amides is 1. The van der Waals surface area contributed by atoms with Crippen LogP contribution in [0.2, 0.25) is 0 Å². The Kier molecular flexibility index (Phi) is 5.93. The van der Waals surface area contributed by atoms with E-state index in [4.69, 9.17) is 13.9 Å². The van der Waals surface area contributed by atoms with Crippen LogP contribution in [0, 0.1) is 6.92 Å². The molecule has 0 aliphatic heterocycles. The molecular formula is C24H22N2O6. The van der Waals surface area contributed by atoms with Gasteiger partial charge in [-0.05, 0) is 43.5 Å². The van der Waals surface area contributed by atoms with Gasteiger partial charge in [-0.1, -0.05) is 18.2 Å². The lowest BCUT2D eigenvalue weighted by Gasteiger charge is -2.11. The third-order valence-electron chi connectivity index (χ3n) is 5.05. The number of rotatable bonds is 6. The van der Waals surface area contributed by atoms with E-state index in [2.05, 4.69) is 5.32 Å². The summed E-state index contributed by atoms with van der Waals surface area (Å²) < 4.78 is 17.5. The molecule has 4 aromatic rings. The molecule has 4 rings (SSSR count). The molecule has 8 heteroatoms. The van der Waals surface area contributed by atoms with Gasteiger partial charge in [0.25, 0.3) is 0 Å². The summed E-state index contributed by atoms with van der Waals surface area (Å²) in [6.45, 7) is 3.86. The molecule has 164 valence electrons. The van der Waals surface area contributed by atoms with Gasteiger partial charge in [0.05, 0.1) is 6.61 Å². The van der Waals surface area contributed by atoms with E-state index in [1.54, 1.807) is 19.1 Å². The largest absolute Gasteiger partial charge is 0.459 e. The minimum absolute atomic E-state index is 0.0618. The fraction of sp³-hybridized carbons (Fsp3) is 0.208. The summed E-state index contributed by atoms with van der Waals surface area (Å²) in [5, 5.41) is 4.22. The summed E-state index contributed by atoms with van der Waals surface area (Å²) in [5.41, 5.74) is 2.53. The smallest absolute Gasteiger partial charge is 0.411 e. The third kappa shape index (κ3) is 4.49. The Hall–Kier alpha value is -4.07. The summed E-state index contributed by atoms with van der Waals surface area (Å²) in [6.07, 6.45) is -0.605. The van der Waals surface area contributed by atoms with Gasteiger partial charge in [0, 0.05) is 40.0 Å². The summed E-state index contributed by atoms with van der Waals surface area (Å²) >= 11 is 0. The Morgan fingerprint density at radius 1 is 1.06 bits per heavy atom. The quantitative estimate of drug-likeness (QED) is 0.357. The van der Waals surface area contributed by atoms with E-state index in [1.807, 2.05) is 41.8 Å². The maximum absolute atomic E-state index is 12.5. The molecule has 1 N–H and O–H groups in total. The van der Waals surface area contributed by atoms with Crippen LogP contribution in [0.5, 0.6) is 0 Å². The Labute approximate surface area is 183 Å². The van der Waals surface area contributed by atoms with Crippen LogP contribution in [0.3, 0.4) is 0 Å². The second kappa shape index (κ2) is 8.97. The summed E-state index contributed by atoms with van der Waals surface area (Å²) in [7, 11) is 0. The molecule has 0 bridgehead atoms. The normalized spacial score (nSPS) is 10.9. The van der Waals surface area contributed by atoms with Gasteiger partial charge in [-0.15, -0.1) is 0 Å². The molecule has 0 saturated heterocycles. The van der Waals surface area contributed by atoms with E-state index in [-0.39, 0.29) is 25.3 Å². The predicted molar refractivity (Wildman–Crippen MR) is 120 cm³/mol. The van der Waals surface area contributed by atoms with Gasteiger partial charge in [-0.3, -0.25) is 10.1 Å². The van der Waals surface area contributed by atoms with Crippen LogP contribution in [0.25, 0.3) is 21.9 Å². The molecule has 0 atom stereocenters. The zero-order valence-corrected chi connectivity index (χ0v) is 17.7. The van der Waals surface area contributed by atoms with Crippen LogP contribution in [0.4, 0.5) is 10.5 Å². The topological polar surface area (TPSA) is 99.8 Å². The number of fused-ring (bicyclic) bond motifs is 2. The van der Waals surface area contributed by atoms with Crippen LogP contribution in [0.1, 0.15) is 18.2 Å². The van der Waals surface area contributed by atoms with E-state index < -0.39 is 17.7 Å². The van der Waals surface area contributed by atoms with Gasteiger partial charge in [-0.2, -0.15) is 0 Å². The maximum Gasteiger partial charge on any atom is 0.411 e. The van der Waals surface area contributed by atoms with E-state index in [1.165, 1.54) is 12.1 Å². The molecule has 0 saturated carbocycles. The Balaban J connectivity index is 1.51. The molecule has 1 amide bonds. The van der Waals surface area contributed by atoms with Crippen LogP contribution in [-0.4, -0.2) is 23.2 Å². The highest BCUT2D eigenvalue weighted by Gasteiger charge is 2.13. The molecule has 0 aliphatic carbocycles. The highest BCUT2D eigenvalue weighted by atomic mass is 16.5. The minimum atomic E-state index is -0.605. The molecule has 0 radical (unpaired) electrons. The molecule has 2 heterocycles. The number of carbonyl (C=O) groups is 2. The van der Waals surface area contributed by atoms with Gasteiger partial charge in [-0.25, -0.2) is 9.59 Å². The fourth-order valence-corrected chi connectivity index (χ4v) is 3.60. The van der Waals surface area contributed by atoms with Crippen LogP contribution in [0.15, 0.2) is 63.8 Å². The number of hydrogen-bond acceptors (Lipinski definition) is 6. The monoisotopic (exact) mass is 434 g/mol. The van der Waals surface area contributed by atoms with E-state index >= 15 is 0 Å². The molecule has 0 aliphatic rings. The number of para-hydroxylation sites is 1. The lowest BCUT2D eigenvalue weighted by Crippen LogP contribution is -2.15. The van der Waals surface area contributed by atoms with Crippen molar-refractivity contribution in [2.24, 2.45) is 0 Å². The first-order valence-corrected chi connectivity index (χ1v) is 10.2. The second-order valence-corrected chi connectivity index (χ2v) is 7.24. The molecule has 0 unspecified atom stereocenters. The predicted octanol–water partition coefficient (Wildman–Crippen LogP) is 4.37. The van der Waals surface area contributed by atoms with Gasteiger partial charge in [0.15, 0.2) is 0 Å². The van der Waals surface area contributed by atoms with E-state index in [0.717, 1.165) is 16.6 Å². The molecular weight excluding hydrogens is 412 g/mol. The van der Waals surface area contributed by atoms with Crippen molar-refractivity contribution in [2.45, 2.75) is 27.0 Å². The number of nitrogens with one attached hydrogen (secondary N) is 1. The van der Waals surface area contributed by atoms with Crippen molar-refractivity contribution in [3.8, 4) is 0 Å². The number of nitrogens with zero attached hydrogens (tertiary/aromatic N) is 1. The number of anilines is 1. The molecule has 2 aromatic heterocycles. The van der Waals surface area contributed by atoms with E-state index in [9.17, 15) is 14.4 Å². The van der Waals surface area contributed by atoms with Gasteiger partial charge in [0.2, 0.25) is 0 Å². The first kappa shape index (κ1) is 21.2. The minimum Gasteiger partial charge on any atom is -0.459 e. The summed E-state index contributed by atoms with van der Waals surface area (Å²) in [4.78, 5) is 36.2. The Bertz CT molecular complexity index is 1370. The Morgan fingerprint density at radius 2 is 1.88 bits per heavy atom.